The molecule has 2 aromatic heterocycles. The van der Waals surface area contributed by atoms with Crippen molar-refractivity contribution in [2.75, 3.05) is 6.54 Å². The highest BCUT2D eigenvalue weighted by molar-refractivity contribution is 7.10. The van der Waals surface area contributed by atoms with E-state index in [0.717, 1.165) is 24.9 Å². The van der Waals surface area contributed by atoms with E-state index in [0.29, 0.717) is 18.3 Å². The van der Waals surface area contributed by atoms with Gasteiger partial charge in [0.15, 0.2) is 12.3 Å². The van der Waals surface area contributed by atoms with Crippen LogP contribution in [0.5, 0.6) is 0 Å². The maximum absolute atomic E-state index is 12.2. The van der Waals surface area contributed by atoms with Crippen molar-refractivity contribution >= 4 is 22.4 Å². The Kier molecular flexibility index (Phi) is 3.39. The summed E-state index contributed by atoms with van der Waals surface area (Å²) in [6.07, 6.45) is 2.19. The van der Waals surface area contributed by atoms with Crippen LogP contribution in [-0.2, 0) is 13.1 Å². The molecule has 3 aromatic rings. The second-order valence-electron chi connectivity index (χ2n) is 5.84. The van der Waals surface area contributed by atoms with E-state index in [1.807, 2.05) is 35.6 Å². The van der Waals surface area contributed by atoms with Crippen LogP contribution in [0.2, 0.25) is 0 Å². The van der Waals surface area contributed by atoms with Gasteiger partial charge in [-0.1, -0.05) is 19.1 Å². The van der Waals surface area contributed by atoms with Crippen LogP contribution in [-0.4, -0.2) is 11.1 Å². The van der Waals surface area contributed by atoms with Crippen molar-refractivity contribution in [3.63, 3.8) is 0 Å². The third-order valence-corrected chi connectivity index (χ3v) is 5.66. The summed E-state index contributed by atoms with van der Waals surface area (Å²) < 4.78 is 7.14. The standard InChI is InChI=1S/C17H18N2O2S/c1-2-13-12-8-10-22-16(12)7-9-18(13)11-19-14-5-3-4-6-15(14)21-17(19)20/h3-6,8,10,13H,2,7,9,11H2,1H3/p+1/t13-/m0/s1. The number of aromatic nitrogens is 1. The van der Waals surface area contributed by atoms with Crippen LogP contribution in [0.15, 0.2) is 44.9 Å². The fourth-order valence-corrected chi connectivity index (χ4v) is 4.54. The molecule has 0 fully saturated rings. The average molecular weight is 315 g/mol. The van der Waals surface area contributed by atoms with Crippen molar-refractivity contribution in [1.82, 2.24) is 4.57 Å². The predicted octanol–water partition coefficient (Wildman–Crippen LogP) is 2.21. The van der Waals surface area contributed by atoms with E-state index in [9.17, 15) is 4.79 Å². The Morgan fingerprint density at radius 2 is 2.23 bits per heavy atom. The second-order valence-corrected chi connectivity index (χ2v) is 6.84. The third-order valence-electron chi connectivity index (χ3n) is 4.66. The molecule has 4 nitrogen and oxygen atoms in total. The van der Waals surface area contributed by atoms with Gasteiger partial charge in [0.2, 0.25) is 0 Å². The minimum Gasteiger partial charge on any atom is -0.408 e. The van der Waals surface area contributed by atoms with Crippen molar-refractivity contribution in [2.45, 2.75) is 32.5 Å². The maximum Gasteiger partial charge on any atom is 0.424 e. The van der Waals surface area contributed by atoms with Crippen molar-refractivity contribution in [2.24, 2.45) is 0 Å². The first-order valence-electron chi connectivity index (χ1n) is 7.77. The molecule has 22 heavy (non-hydrogen) atoms. The zero-order valence-corrected chi connectivity index (χ0v) is 13.4. The Bertz CT molecular complexity index is 861. The van der Waals surface area contributed by atoms with Crippen LogP contribution in [0.4, 0.5) is 0 Å². The number of benzene rings is 1. The summed E-state index contributed by atoms with van der Waals surface area (Å²) >= 11 is 1.86. The Balaban J connectivity index is 1.71. The molecule has 114 valence electrons. The SMILES string of the molecule is CC[C@H]1c2ccsc2CC[NH+]1Cn1c(=O)oc2ccccc21. The summed E-state index contributed by atoms with van der Waals surface area (Å²) in [6, 6.07) is 10.4. The summed E-state index contributed by atoms with van der Waals surface area (Å²) in [7, 11) is 0. The molecule has 1 aromatic carbocycles. The molecule has 0 bridgehead atoms. The minimum atomic E-state index is -0.250. The van der Waals surface area contributed by atoms with E-state index in [4.69, 9.17) is 4.42 Å². The average Bonchev–Trinajstić information content (AvgIpc) is 3.12. The predicted molar refractivity (Wildman–Crippen MR) is 87.4 cm³/mol. The lowest BCUT2D eigenvalue weighted by Gasteiger charge is -2.32. The number of nitrogens with one attached hydrogen (secondary N) is 1. The summed E-state index contributed by atoms with van der Waals surface area (Å²) in [5, 5.41) is 2.19. The molecule has 0 saturated heterocycles. The van der Waals surface area contributed by atoms with Crippen LogP contribution in [0, 0.1) is 0 Å². The van der Waals surface area contributed by atoms with Crippen molar-refractivity contribution in [3.8, 4) is 0 Å². The number of quaternary nitrogens is 1. The van der Waals surface area contributed by atoms with Crippen LogP contribution in [0.25, 0.3) is 11.1 Å². The number of hydrogen-bond acceptors (Lipinski definition) is 3. The molecule has 0 saturated carbocycles. The number of thiophene rings is 1. The highest BCUT2D eigenvalue weighted by atomic mass is 32.1. The Labute approximate surface area is 132 Å². The number of hydrogen-bond donors (Lipinski definition) is 1. The van der Waals surface area contributed by atoms with Gasteiger partial charge in [-0.25, -0.2) is 9.36 Å². The first-order chi connectivity index (χ1) is 10.8. The van der Waals surface area contributed by atoms with Gasteiger partial charge in [0.05, 0.1) is 12.1 Å². The Hall–Kier alpha value is -1.85. The third kappa shape index (κ3) is 2.12. The summed E-state index contributed by atoms with van der Waals surface area (Å²) in [4.78, 5) is 15.1. The molecule has 1 aliphatic rings. The zero-order chi connectivity index (χ0) is 15.1. The monoisotopic (exact) mass is 315 g/mol. The van der Waals surface area contributed by atoms with Crippen LogP contribution >= 0.6 is 11.3 Å². The number of nitrogens with zero attached hydrogens (tertiary/aromatic N) is 1. The number of para-hydroxylation sites is 2. The molecule has 1 N–H and O–H groups in total. The van der Waals surface area contributed by atoms with Gasteiger partial charge in [-0.05, 0) is 23.6 Å². The lowest BCUT2D eigenvalue weighted by molar-refractivity contribution is -0.955. The van der Waals surface area contributed by atoms with Gasteiger partial charge in [-0.2, -0.15) is 0 Å². The molecule has 2 atom stereocenters. The maximum atomic E-state index is 12.2. The van der Waals surface area contributed by atoms with E-state index >= 15 is 0 Å². The lowest BCUT2D eigenvalue weighted by atomic mass is 9.98. The first kappa shape index (κ1) is 13.8. The molecular formula is C17H19N2O2S+. The van der Waals surface area contributed by atoms with E-state index in [-0.39, 0.29) is 5.76 Å². The van der Waals surface area contributed by atoms with E-state index < -0.39 is 0 Å². The summed E-state index contributed by atoms with van der Waals surface area (Å²) in [5.74, 6) is -0.250. The zero-order valence-electron chi connectivity index (χ0n) is 12.5. The molecule has 0 aliphatic carbocycles. The number of fused-ring (bicyclic) bond motifs is 2. The molecule has 0 radical (unpaired) electrons. The van der Waals surface area contributed by atoms with E-state index in [1.54, 1.807) is 4.57 Å². The quantitative estimate of drug-likeness (QED) is 0.805. The second kappa shape index (κ2) is 5.41. The van der Waals surface area contributed by atoms with E-state index in [1.165, 1.54) is 15.3 Å². The fourth-order valence-electron chi connectivity index (χ4n) is 3.60. The van der Waals surface area contributed by atoms with Crippen molar-refractivity contribution in [1.29, 1.82) is 0 Å². The molecule has 3 heterocycles. The Morgan fingerprint density at radius 3 is 3.09 bits per heavy atom. The first-order valence-corrected chi connectivity index (χ1v) is 8.65. The smallest absolute Gasteiger partial charge is 0.408 e. The van der Waals surface area contributed by atoms with Crippen LogP contribution in [0.3, 0.4) is 0 Å². The molecular weight excluding hydrogens is 296 g/mol. The summed E-state index contributed by atoms with van der Waals surface area (Å²) in [6.45, 7) is 3.97. The van der Waals surface area contributed by atoms with Gasteiger partial charge in [0.1, 0.15) is 6.04 Å². The molecule has 0 amide bonds. The lowest BCUT2D eigenvalue weighted by Crippen LogP contribution is -3.12. The highest BCUT2D eigenvalue weighted by Crippen LogP contribution is 2.27. The minimum absolute atomic E-state index is 0.250. The van der Waals surface area contributed by atoms with Crippen LogP contribution < -0.4 is 10.7 Å². The molecule has 1 unspecified atom stereocenters. The molecule has 1 aliphatic heterocycles. The van der Waals surface area contributed by atoms with E-state index in [2.05, 4.69) is 18.4 Å². The fraction of sp³-hybridized carbons (Fsp3) is 0.353. The van der Waals surface area contributed by atoms with Crippen molar-refractivity contribution < 1.29 is 9.32 Å². The normalized spacial score (nSPS) is 21.1. The van der Waals surface area contributed by atoms with Crippen molar-refractivity contribution in [3.05, 3.63) is 56.7 Å². The van der Waals surface area contributed by atoms with Gasteiger partial charge >= 0.3 is 5.76 Å². The number of oxazole rings is 1. The van der Waals surface area contributed by atoms with Gasteiger partial charge < -0.3 is 9.32 Å². The largest absolute Gasteiger partial charge is 0.424 e. The van der Waals surface area contributed by atoms with Gasteiger partial charge in [0.25, 0.3) is 0 Å². The van der Waals surface area contributed by atoms with Gasteiger partial charge in [-0.15, -0.1) is 11.3 Å². The summed E-state index contributed by atoms with van der Waals surface area (Å²) in [5.41, 5.74) is 3.04. The topological polar surface area (TPSA) is 39.6 Å². The number of rotatable bonds is 3. The van der Waals surface area contributed by atoms with Gasteiger partial charge in [-0.3, -0.25) is 0 Å². The van der Waals surface area contributed by atoms with Crippen LogP contribution in [0.1, 0.15) is 29.8 Å². The molecule has 0 spiro atoms. The highest BCUT2D eigenvalue weighted by Gasteiger charge is 2.31. The molecule has 4 rings (SSSR count). The Morgan fingerprint density at radius 1 is 1.36 bits per heavy atom. The van der Waals surface area contributed by atoms with Gasteiger partial charge in [0, 0.05) is 23.3 Å². The molecule has 5 heteroatoms.